The Morgan fingerprint density at radius 2 is 0.488 bits per heavy atom. The highest BCUT2D eigenvalue weighted by atomic mass is 16.6. The van der Waals surface area contributed by atoms with Crippen LogP contribution in [0.25, 0.3) is 21.5 Å². The summed E-state index contributed by atoms with van der Waals surface area (Å²) in [4.78, 5) is 97.7. The van der Waals surface area contributed by atoms with Gasteiger partial charge in [-0.2, -0.15) is 0 Å². The Labute approximate surface area is 236 Å². The van der Waals surface area contributed by atoms with Gasteiger partial charge in [-0.3, -0.25) is 0 Å². The molecule has 0 unspecified atom stereocenters. The van der Waals surface area contributed by atoms with Crippen molar-refractivity contribution in [2.24, 2.45) is 0 Å². The summed E-state index contributed by atoms with van der Waals surface area (Å²) in [6, 6.07) is 6.32. The number of benzene rings is 4. The average Bonchev–Trinajstić information content (AvgIpc) is 2.93. The van der Waals surface area contributed by atoms with E-state index in [1.807, 2.05) is 0 Å². The van der Waals surface area contributed by atoms with Crippen molar-refractivity contribution in [2.75, 3.05) is 0 Å². The van der Waals surface area contributed by atoms with Crippen LogP contribution in [-0.4, -0.2) is 78.4 Å². The first-order valence-corrected chi connectivity index (χ1v) is 11.5. The van der Waals surface area contributed by atoms with Gasteiger partial charge in [0.1, 0.15) is 0 Å². The zero-order valence-corrected chi connectivity index (χ0v) is 21.0. The summed E-state index contributed by atoms with van der Waals surface area (Å²) in [5, 5.41) is 55.0. The molecule has 0 amide bonds. The molecule has 0 heterocycles. The largest absolute Gasteiger partial charge is 0.478 e. The summed E-state index contributed by atoms with van der Waals surface area (Å²) in [5.74, 6) is -13.4. The number of fused-ring (bicyclic) bond motifs is 2. The second-order valence-electron chi connectivity index (χ2n) is 8.65. The van der Waals surface area contributed by atoms with E-state index in [0.717, 1.165) is 48.5 Å². The Bertz CT molecular complexity index is 1820. The van der Waals surface area contributed by atoms with Crippen LogP contribution in [-0.2, 0) is 4.74 Å². The molecule has 0 spiro atoms. The van der Waals surface area contributed by atoms with Crippen LogP contribution in [0.5, 0.6) is 0 Å². The van der Waals surface area contributed by atoms with Crippen molar-refractivity contribution in [3.63, 3.8) is 0 Å². The third kappa shape index (κ3) is 4.93. The minimum Gasteiger partial charge on any atom is -0.478 e. The number of ether oxygens (including phenoxy) is 1. The first-order chi connectivity index (χ1) is 20.2. The topological polar surface area (TPSA) is 267 Å². The first-order valence-electron chi connectivity index (χ1n) is 11.5. The first kappa shape index (κ1) is 29.3. The fourth-order valence-electron chi connectivity index (χ4n) is 4.59. The quantitative estimate of drug-likeness (QED) is 0.127. The van der Waals surface area contributed by atoms with Gasteiger partial charge in [0.2, 0.25) is 0 Å². The van der Waals surface area contributed by atoms with E-state index < -0.39 is 114 Å². The van der Waals surface area contributed by atoms with E-state index in [1.54, 1.807) is 0 Å². The number of rotatable bonds is 8. The zero-order chi connectivity index (χ0) is 31.9. The van der Waals surface area contributed by atoms with Crippen LogP contribution < -0.4 is 0 Å². The number of esters is 2. The number of aromatic carboxylic acids is 6. The fraction of sp³-hybridized carbons (Fsp3) is 0. The van der Waals surface area contributed by atoms with Crippen LogP contribution in [0.4, 0.5) is 0 Å². The summed E-state index contributed by atoms with van der Waals surface area (Å²) in [6.45, 7) is 0. The van der Waals surface area contributed by atoms with Gasteiger partial charge in [-0.05, 0) is 48.5 Å². The Hall–Kier alpha value is -6.64. The lowest BCUT2D eigenvalue weighted by atomic mass is 9.91. The molecule has 15 heteroatoms. The van der Waals surface area contributed by atoms with E-state index in [0.29, 0.717) is 0 Å². The van der Waals surface area contributed by atoms with Crippen LogP contribution in [0.2, 0.25) is 0 Å². The molecular formula is C28H14O15. The normalized spacial score (nSPS) is 10.7. The van der Waals surface area contributed by atoms with E-state index in [-0.39, 0.29) is 0 Å². The van der Waals surface area contributed by atoms with Crippen molar-refractivity contribution in [2.45, 2.75) is 0 Å². The van der Waals surface area contributed by atoms with Crippen molar-refractivity contribution in [1.82, 2.24) is 0 Å². The van der Waals surface area contributed by atoms with Crippen LogP contribution in [0, 0.1) is 0 Å². The van der Waals surface area contributed by atoms with Crippen LogP contribution in [0.3, 0.4) is 0 Å². The van der Waals surface area contributed by atoms with Gasteiger partial charge in [-0.25, -0.2) is 38.4 Å². The molecule has 0 atom stereocenters. The summed E-state index contributed by atoms with van der Waals surface area (Å²) < 4.78 is 4.86. The SMILES string of the molecule is O=C(O)c1ccc(C(=O)O)c2c(C(=O)OC(=O)c3ccc(C(=O)O)c4c(C(=O)O)ccc(C(=O)O)c34)ccc(C(=O)O)c12. The van der Waals surface area contributed by atoms with Gasteiger partial charge in [-0.1, -0.05) is 0 Å². The number of carbonyl (C=O) groups is 8. The van der Waals surface area contributed by atoms with Gasteiger partial charge in [-0.15, -0.1) is 0 Å². The zero-order valence-electron chi connectivity index (χ0n) is 21.0. The third-order valence-electron chi connectivity index (χ3n) is 6.33. The smallest absolute Gasteiger partial charge is 0.346 e. The molecule has 4 rings (SSSR count). The van der Waals surface area contributed by atoms with Gasteiger partial charge >= 0.3 is 47.8 Å². The molecule has 43 heavy (non-hydrogen) atoms. The van der Waals surface area contributed by atoms with Crippen LogP contribution >= 0.6 is 0 Å². The molecule has 4 aromatic rings. The summed E-state index contributed by atoms with van der Waals surface area (Å²) in [5.41, 5.74) is -5.74. The minimum atomic E-state index is -1.70. The Kier molecular flexibility index (Phi) is 7.33. The van der Waals surface area contributed by atoms with E-state index in [9.17, 15) is 69.0 Å². The number of carboxylic acids is 6. The van der Waals surface area contributed by atoms with Gasteiger partial charge in [0, 0.05) is 21.5 Å². The monoisotopic (exact) mass is 590 g/mol. The summed E-state index contributed by atoms with van der Waals surface area (Å²) >= 11 is 0. The highest BCUT2D eigenvalue weighted by Crippen LogP contribution is 2.33. The average molecular weight is 590 g/mol. The second kappa shape index (κ2) is 10.7. The van der Waals surface area contributed by atoms with Crippen LogP contribution in [0.1, 0.15) is 82.9 Å². The molecule has 0 saturated heterocycles. The molecule has 0 aliphatic rings. The molecular weight excluding hydrogens is 576 g/mol. The number of carboxylic acid groups (broad SMARTS) is 6. The fourth-order valence-corrected chi connectivity index (χ4v) is 4.59. The van der Waals surface area contributed by atoms with E-state index >= 15 is 0 Å². The lowest BCUT2D eigenvalue weighted by molar-refractivity contribution is 0.0397. The van der Waals surface area contributed by atoms with Gasteiger partial charge in [0.15, 0.2) is 0 Å². The molecule has 0 aliphatic heterocycles. The maximum Gasteiger partial charge on any atom is 0.346 e. The van der Waals surface area contributed by atoms with Crippen molar-refractivity contribution in [3.8, 4) is 0 Å². The van der Waals surface area contributed by atoms with E-state index in [2.05, 4.69) is 0 Å². The van der Waals surface area contributed by atoms with E-state index in [1.165, 1.54) is 0 Å². The molecule has 0 radical (unpaired) electrons. The predicted molar refractivity (Wildman–Crippen MR) is 139 cm³/mol. The molecule has 216 valence electrons. The lowest BCUT2D eigenvalue weighted by Gasteiger charge is -2.15. The standard InChI is InChI=1S/C28H14O15/c29-21(30)9-1-3-13(25(37)38)19-15(7-5-11(17(9)19)23(33)34)27(41)43-28(42)16-8-6-12(24(35)36)18-10(22(31)32)2-4-14(20(16)18)26(39)40/h1-8H,(H,29,30)(H,31,32)(H,33,34)(H,35,36)(H,37,38)(H,39,40). The van der Waals surface area contributed by atoms with Crippen molar-refractivity contribution < 1.29 is 73.7 Å². The molecule has 15 nitrogen and oxygen atoms in total. The molecule has 4 aromatic carbocycles. The maximum atomic E-state index is 13.2. The van der Waals surface area contributed by atoms with Crippen molar-refractivity contribution >= 4 is 69.3 Å². The molecule has 0 fully saturated rings. The highest BCUT2D eigenvalue weighted by molar-refractivity contribution is 6.25. The van der Waals surface area contributed by atoms with Crippen molar-refractivity contribution in [3.05, 3.63) is 93.0 Å². The Morgan fingerprint density at radius 1 is 0.326 bits per heavy atom. The Morgan fingerprint density at radius 3 is 0.674 bits per heavy atom. The Balaban J connectivity index is 1.98. The molecule has 6 N–H and O–H groups in total. The molecule has 0 bridgehead atoms. The third-order valence-corrected chi connectivity index (χ3v) is 6.33. The molecule has 0 saturated carbocycles. The second-order valence-corrected chi connectivity index (χ2v) is 8.65. The molecule has 0 aromatic heterocycles. The summed E-state index contributed by atoms with van der Waals surface area (Å²) in [6.07, 6.45) is 0. The van der Waals surface area contributed by atoms with Gasteiger partial charge in [0.25, 0.3) is 0 Å². The lowest BCUT2D eigenvalue weighted by Crippen LogP contribution is -2.18. The maximum absolute atomic E-state index is 13.2. The highest BCUT2D eigenvalue weighted by Gasteiger charge is 2.30. The van der Waals surface area contributed by atoms with Gasteiger partial charge in [0.05, 0.1) is 44.5 Å². The number of hydrogen-bond acceptors (Lipinski definition) is 9. The number of hydrogen-bond donors (Lipinski definition) is 6. The number of carbonyl (C=O) groups excluding carboxylic acids is 2. The predicted octanol–water partition coefficient (Wildman–Crippen LogP) is 3.18. The van der Waals surface area contributed by atoms with Gasteiger partial charge < -0.3 is 35.4 Å². The van der Waals surface area contributed by atoms with Crippen molar-refractivity contribution in [1.29, 1.82) is 0 Å². The minimum absolute atomic E-state index is 0.669. The summed E-state index contributed by atoms with van der Waals surface area (Å²) in [7, 11) is 0. The molecule has 0 aliphatic carbocycles. The van der Waals surface area contributed by atoms with Crippen LogP contribution in [0.15, 0.2) is 48.5 Å². The van der Waals surface area contributed by atoms with E-state index in [4.69, 9.17) is 4.74 Å².